The molecule has 1 aliphatic carbocycles. The molecule has 7 rings (SSSR count). The Morgan fingerprint density at radius 3 is 2.25 bits per heavy atom. The Morgan fingerprint density at radius 2 is 1.55 bits per heavy atom. The Balaban J connectivity index is 1.36. The summed E-state index contributed by atoms with van der Waals surface area (Å²) in [6, 6.07) is 26.0. The van der Waals surface area contributed by atoms with Crippen molar-refractivity contribution >= 4 is 21.8 Å². The van der Waals surface area contributed by atoms with Gasteiger partial charge in [-0.3, -0.25) is 4.57 Å². The van der Waals surface area contributed by atoms with Crippen molar-refractivity contribution in [3.63, 3.8) is 0 Å². The van der Waals surface area contributed by atoms with Gasteiger partial charge in [0, 0.05) is 46.0 Å². The molecule has 0 saturated carbocycles. The lowest BCUT2D eigenvalue weighted by molar-refractivity contribution is 0.437. The number of ether oxygens (including phenoxy) is 1. The fourth-order valence-corrected chi connectivity index (χ4v) is 8.17. The van der Waals surface area contributed by atoms with Gasteiger partial charge in [0.15, 0.2) is 0 Å². The van der Waals surface area contributed by atoms with Gasteiger partial charge in [-0.15, -0.1) is 0 Å². The minimum absolute atomic E-state index is 0.00871. The molecule has 2 atom stereocenters. The first kappa shape index (κ1) is 34.8. The first-order chi connectivity index (χ1) is 24.1. The van der Waals surface area contributed by atoms with Crippen LogP contribution in [0, 0.1) is 12.8 Å². The molecule has 1 unspecified atom stereocenters. The number of aromatic nitrogens is 4. The van der Waals surface area contributed by atoms with E-state index in [1.165, 1.54) is 45.2 Å². The average molecular weight is 679 g/mol. The predicted octanol–water partition coefficient (Wildman–Crippen LogP) is 12.6. The Hall–Kier alpha value is -4.64. The summed E-state index contributed by atoms with van der Waals surface area (Å²) in [5.74, 6) is 3.77. The lowest BCUT2D eigenvalue weighted by atomic mass is 9.72. The van der Waals surface area contributed by atoms with Gasteiger partial charge in [-0.1, -0.05) is 92.2 Å². The van der Waals surface area contributed by atoms with Crippen LogP contribution < -0.4 is 4.74 Å². The fourth-order valence-electron chi connectivity index (χ4n) is 8.17. The Labute approximate surface area is 304 Å². The van der Waals surface area contributed by atoms with Crippen molar-refractivity contribution in [3.05, 3.63) is 119 Å². The zero-order valence-corrected chi connectivity index (χ0v) is 32.4. The van der Waals surface area contributed by atoms with E-state index in [2.05, 4.69) is 164 Å². The predicted molar refractivity (Wildman–Crippen MR) is 213 cm³/mol. The summed E-state index contributed by atoms with van der Waals surface area (Å²) in [4.78, 5) is 4.87. The number of hydrogen-bond acceptors (Lipinski definition) is 3. The van der Waals surface area contributed by atoms with E-state index in [1.54, 1.807) is 0 Å². The Kier molecular flexibility index (Phi) is 8.76. The number of fused-ring (bicyclic) bond motifs is 3. The highest BCUT2D eigenvalue weighted by atomic mass is 16.5. The molecule has 0 N–H and O–H groups in total. The molecule has 0 saturated heterocycles. The molecule has 6 aromatic rings. The zero-order chi connectivity index (χ0) is 36.4. The van der Waals surface area contributed by atoms with Crippen molar-refractivity contribution in [1.29, 1.82) is 0 Å². The third-order valence-corrected chi connectivity index (χ3v) is 10.8. The fraction of sp³-hybridized carbons (Fsp3) is 0.391. The molecule has 3 aromatic heterocycles. The van der Waals surface area contributed by atoms with Crippen molar-refractivity contribution in [3.8, 4) is 23.0 Å². The summed E-state index contributed by atoms with van der Waals surface area (Å²) in [7, 11) is 0. The van der Waals surface area contributed by atoms with Crippen LogP contribution in [0.5, 0.6) is 11.5 Å². The van der Waals surface area contributed by atoms with Crippen LogP contribution in [0.1, 0.15) is 122 Å². The molecule has 0 spiro atoms. The van der Waals surface area contributed by atoms with Gasteiger partial charge in [0.25, 0.3) is 0 Å². The molecule has 264 valence electrons. The van der Waals surface area contributed by atoms with Crippen LogP contribution in [0.2, 0.25) is 0 Å². The SMILES string of the molecule is CC1=CCCC(C)[C@H]1c1c(C)nn(-c2cc(Oc3ccc4c5ccccc5n(-c5cc(C(C)(C)C)ccn5)c4c3)cc(C(C)C)c2)c1C(C)(C)C. The third-order valence-electron chi connectivity index (χ3n) is 10.8. The van der Waals surface area contributed by atoms with Crippen LogP contribution in [0.4, 0.5) is 0 Å². The van der Waals surface area contributed by atoms with Gasteiger partial charge in [-0.25, -0.2) is 9.67 Å². The van der Waals surface area contributed by atoms with E-state index < -0.39 is 0 Å². The van der Waals surface area contributed by atoms with Gasteiger partial charge in [0.2, 0.25) is 0 Å². The summed E-state index contributed by atoms with van der Waals surface area (Å²) >= 11 is 0. The van der Waals surface area contributed by atoms with Crippen LogP contribution in [0.25, 0.3) is 33.3 Å². The maximum absolute atomic E-state index is 6.83. The summed E-state index contributed by atoms with van der Waals surface area (Å²) in [5.41, 5.74) is 10.9. The second-order valence-electron chi connectivity index (χ2n) is 17.2. The van der Waals surface area contributed by atoms with Crippen molar-refractivity contribution in [2.24, 2.45) is 5.92 Å². The van der Waals surface area contributed by atoms with E-state index in [4.69, 9.17) is 14.8 Å². The summed E-state index contributed by atoms with van der Waals surface area (Å²) < 4.78 is 11.3. The van der Waals surface area contributed by atoms with Crippen molar-refractivity contribution in [2.75, 3.05) is 0 Å². The largest absolute Gasteiger partial charge is 0.457 e. The third kappa shape index (κ3) is 6.41. The molecule has 0 amide bonds. The number of hydrogen-bond donors (Lipinski definition) is 0. The number of nitrogens with zero attached hydrogens (tertiary/aromatic N) is 4. The maximum atomic E-state index is 6.83. The van der Waals surface area contributed by atoms with Crippen LogP contribution >= 0.6 is 0 Å². The molecule has 0 fully saturated rings. The monoisotopic (exact) mass is 678 g/mol. The molecule has 3 aromatic carbocycles. The van der Waals surface area contributed by atoms with Gasteiger partial charge in [0.05, 0.1) is 28.1 Å². The van der Waals surface area contributed by atoms with Gasteiger partial charge in [-0.2, -0.15) is 5.10 Å². The zero-order valence-electron chi connectivity index (χ0n) is 32.4. The number of para-hydroxylation sites is 1. The van der Waals surface area contributed by atoms with Crippen molar-refractivity contribution in [2.45, 2.75) is 112 Å². The maximum Gasteiger partial charge on any atom is 0.137 e. The topological polar surface area (TPSA) is 44.9 Å². The van der Waals surface area contributed by atoms with Crippen molar-refractivity contribution < 1.29 is 4.74 Å². The van der Waals surface area contributed by atoms with Gasteiger partial charge in [-0.05, 0) is 97.5 Å². The van der Waals surface area contributed by atoms with E-state index in [-0.39, 0.29) is 10.8 Å². The van der Waals surface area contributed by atoms with Crippen LogP contribution in [-0.4, -0.2) is 19.3 Å². The lowest BCUT2D eigenvalue weighted by Gasteiger charge is -2.32. The number of rotatable bonds is 6. The minimum Gasteiger partial charge on any atom is -0.457 e. The van der Waals surface area contributed by atoms with Gasteiger partial charge < -0.3 is 4.74 Å². The second kappa shape index (κ2) is 12.8. The molecule has 1 aliphatic rings. The first-order valence-electron chi connectivity index (χ1n) is 18.7. The highest BCUT2D eigenvalue weighted by Gasteiger charge is 2.35. The first-order valence-corrected chi connectivity index (χ1v) is 18.7. The number of benzene rings is 3. The molecular weight excluding hydrogens is 625 g/mol. The summed E-state index contributed by atoms with van der Waals surface area (Å²) in [6.07, 6.45) is 6.73. The number of aryl methyl sites for hydroxylation is 1. The second-order valence-corrected chi connectivity index (χ2v) is 17.2. The van der Waals surface area contributed by atoms with Crippen LogP contribution in [0.15, 0.2) is 90.6 Å². The lowest BCUT2D eigenvalue weighted by Crippen LogP contribution is -2.24. The molecule has 0 aliphatic heterocycles. The number of pyridine rings is 1. The molecule has 0 bridgehead atoms. The molecule has 0 radical (unpaired) electrons. The van der Waals surface area contributed by atoms with Gasteiger partial charge in [0.1, 0.15) is 17.3 Å². The molecule has 5 heteroatoms. The van der Waals surface area contributed by atoms with Crippen LogP contribution in [-0.2, 0) is 10.8 Å². The summed E-state index contributed by atoms with van der Waals surface area (Å²) in [5, 5.41) is 7.67. The van der Waals surface area contributed by atoms with E-state index in [9.17, 15) is 0 Å². The van der Waals surface area contributed by atoms with Crippen LogP contribution in [0.3, 0.4) is 0 Å². The van der Waals surface area contributed by atoms with Gasteiger partial charge >= 0.3 is 0 Å². The van der Waals surface area contributed by atoms with E-state index >= 15 is 0 Å². The molecule has 3 heterocycles. The summed E-state index contributed by atoms with van der Waals surface area (Å²) in [6.45, 7) is 25.1. The quantitative estimate of drug-likeness (QED) is 0.165. The van der Waals surface area contributed by atoms with E-state index in [1.807, 2.05) is 6.20 Å². The standard InChI is InChI=1S/C46H54N4O/c1-28(2)32-23-34(50-44(46(9,10)11)43(31(5)48-50)42-29(3)15-14-16-30(42)4)26-36(24-32)51-35-19-20-38-37-17-12-13-18-39(37)49(40(38)27-35)41-25-33(21-22-47-41)45(6,7)8/h12-13,15,17-28,30,42H,14,16H2,1-11H3/t30?,42-/m0/s1. The average Bonchev–Trinajstić information content (AvgIpc) is 3.59. The Morgan fingerprint density at radius 1 is 0.804 bits per heavy atom. The molecular formula is C46H54N4O. The van der Waals surface area contributed by atoms with E-state index in [0.717, 1.165) is 46.2 Å². The highest BCUT2D eigenvalue weighted by Crippen LogP contribution is 2.45. The normalized spacial score (nSPS) is 17.1. The Bertz CT molecular complexity index is 2280. The molecule has 51 heavy (non-hydrogen) atoms. The molecule has 5 nitrogen and oxygen atoms in total. The van der Waals surface area contributed by atoms with Crippen molar-refractivity contribution in [1.82, 2.24) is 19.3 Å². The minimum atomic E-state index is -0.111. The van der Waals surface area contributed by atoms with E-state index in [0.29, 0.717) is 17.8 Å². The highest BCUT2D eigenvalue weighted by molar-refractivity contribution is 6.09. The smallest absolute Gasteiger partial charge is 0.137 e. The number of allylic oxidation sites excluding steroid dienone is 2.